The summed E-state index contributed by atoms with van der Waals surface area (Å²) in [6, 6.07) is 0. The lowest BCUT2D eigenvalue weighted by Gasteiger charge is -1.64. The van der Waals surface area contributed by atoms with Gasteiger partial charge in [-0.25, -0.2) is 9.79 Å². The monoisotopic (exact) mass is 167 g/mol. The van der Waals surface area contributed by atoms with E-state index in [9.17, 15) is 4.79 Å². The number of aliphatic imine (C=N–C) groups is 1. The lowest BCUT2D eigenvalue weighted by Crippen LogP contribution is -1.63. The van der Waals surface area contributed by atoms with Gasteiger partial charge in [-0.1, -0.05) is 6.08 Å². The molecule has 52 valence electrons. The molecule has 9 heavy (non-hydrogen) atoms. The predicted molar refractivity (Wildman–Crippen MR) is 39.8 cm³/mol. The Kier molecular flexibility index (Phi) is 20.0. The number of hydrogen-bond donors (Lipinski definition) is 0. The van der Waals surface area contributed by atoms with Crippen LogP contribution in [0.4, 0.5) is 0 Å². The Balaban J connectivity index is 0. The van der Waals surface area contributed by atoms with E-state index >= 15 is 0 Å². The largest absolute Gasteiger partial charge is 0.235 e. The molecule has 0 saturated heterocycles. The van der Waals surface area contributed by atoms with Crippen LogP contribution in [0.5, 0.6) is 0 Å². The zero-order chi connectivity index (χ0) is 7.54. The molecule has 0 heterocycles. The van der Waals surface area contributed by atoms with Gasteiger partial charge in [0.05, 0.1) is 11.9 Å². The molecule has 0 aliphatic rings. The standard InChI is InChI=1S/C4H5NO.CH2Cl2/c1-2-3-5-4-6;2-1-3/h2H,1,3H2;1H2. The smallest absolute Gasteiger partial charge is 0.211 e. The van der Waals surface area contributed by atoms with E-state index in [0.29, 0.717) is 6.54 Å². The van der Waals surface area contributed by atoms with Crippen LogP contribution in [0.1, 0.15) is 0 Å². The summed E-state index contributed by atoms with van der Waals surface area (Å²) in [5.41, 5.74) is 0. The van der Waals surface area contributed by atoms with E-state index in [1.807, 2.05) is 0 Å². The minimum Gasteiger partial charge on any atom is -0.211 e. The summed E-state index contributed by atoms with van der Waals surface area (Å²) >= 11 is 9.53. The van der Waals surface area contributed by atoms with E-state index in [4.69, 9.17) is 23.2 Å². The molecule has 2 nitrogen and oxygen atoms in total. The van der Waals surface area contributed by atoms with E-state index in [1.54, 1.807) is 0 Å². The first-order valence-corrected chi connectivity index (χ1v) is 3.16. The second-order valence-corrected chi connectivity index (χ2v) is 1.63. The average molecular weight is 168 g/mol. The molecule has 4 heteroatoms. The van der Waals surface area contributed by atoms with Gasteiger partial charge in [0.15, 0.2) is 0 Å². The van der Waals surface area contributed by atoms with Crippen LogP contribution in [-0.2, 0) is 4.79 Å². The van der Waals surface area contributed by atoms with Gasteiger partial charge < -0.3 is 0 Å². The molecule has 0 aromatic heterocycles. The summed E-state index contributed by atoms with van der Waals surface area (Å²) in [6.07, 6.45) is 2.90. The average Bonchev–Trinajstić information content (AvgIpc) is 1.86. The number of nitrogens with zero attached hydrogens (tertiary/aromatic N) is 1. The van der Waals surface area contributed by atoms with Crippen molar-refractivity contribution in [1.82, 2.24) is 0 Å². The van der Waals surface area contributed by atoms with E-state index in [2.05, 4.69) is 11.6 Å². The quantitative estimate of drug-likeness (QED) is 0.268. The minimum atomic E-state index is 0.194. The molecule has 0 radical (unpaired) electrons. The van der Waals surface area contributed by atoms with Crippen LogP contribution in [0.3, 0.4) is 0 Å². The molecule has 0 N–H and O–H groups in total. The molecule has 0 bridgehead atoms. The highest BCUT2D eigenvalue weighted by atomic mass is 35.5. The van der Waals surface area contributed by atoms with Crippen LogP contribution < -0.4 is 0 Å². The fourth-order valence-electron chi connectivity index (χ4n) is 0.102. The normalized spacial score (nSPS) is 6.00. The lowest BCUT2D eigenvalue weighted by atomic mass is 10.7. The first-order valence-electron chi connectivity index (χ1n) is 2.09. The second kappa shape index (κ2) is 15.6. The summed E-state index contributed by atoms with van der Waals surface area (Å²) in [5.74, 6) is 0. The van der Waals surface area contributed by atoms with E-state index < -0.39 is 0 Å². The van der Waals surface area contributed by atoms with Crippen molar-refractivity contribution in [2.45, 2.75) is 0 Å². The first-order chi connectivity index (χ1) is 4.33. The third kappa shape index (κ3) is 34.3. The highest BCUT2D eigenvalue weighted by Gasteiger charge is 1.58. The number of rotatable bonds is 2. The van der Waals surface area contributed by atoms with Gasteiger partial charge in [0.1, 0.15) is 0 Å². The van der Waals surface area contributed by atoms with E-state index in [0.717, 1.165) is 0 Å². The highest BCUT2D eigenvalue weighted by Crippen LogP contribution is 1.73. The van der Waals surface area contributed by atoms with Crippen LogP contribution in [0.15, 0.2) is 17.6 Å². The van der Waals surface area contributed by atoms with Gasteiger partial charge in [-0.3, -0.25) is 0 Å². The number of alkyl halides is 2. The highest BCUT2D eigenvalue weighted by molar-refractivity contribution is 6.40. The van der Waals surface area contributed by atoms with Gasteiger partial charge in [0, 0.05) is 0 Å². The maximum atomic E-state index is 9.22. The van der Waals surface area contributed by atoms with E-state index in [1.165, 1.54) is 12.2 Å². The molecule has 0 aromatic carbocycles. The minimum absolute atomic E-state index is 0.194. The van der Waals surface area contributed by atoms with Crippen LogP contribution in [0, 0.1) is 0 Å². The van der Waals surface area contributed by atoms with Crippen LogP contribution >= 0.6 is 23.2 Å². The molecule has 0 fully saturated rings. The van der Waals surface area contributed by atoms with Crippen molar-refractivity contribution in [3.8, 4) is 0 Å². The molecule has 0 aliphatic carbocycles. The van der Waals surface area contributed by atoms with Crippen LogP contribution in [-0.4, -0.2) is 18.0 Å². The molecule has 0 aliphatic heterocycles. The van der Waals surface area contributed by atoms with Crippen molar-refractivity contribution in [3.05, 3.63) is 12.7 Å². The van der Waals surface area contributed by atoms with Crippen LogP contribution in [0.2, 0.25) is 0 Å². The maximum absolute atomic E-state index is 9.22. The van der Waals surface area contributed by atoms with Gasteiger partial charge >= 0.3 is 0 Å². The summed E-state index contributed by atoms with van der Waals surface area (Å²) in [6.45, 7) is 3.70. The molecular formula is C5H7Cl2NO. The molecule has 0 rings (SSSR count). The Morgan fingerprint density at radius 2 is 2.11 bits per heavy atom. The number of halogens is 2. The number of hydrogen-bond acceptors (Lipinski definition) is 2. The van der Waals surface area contributed by atoms with Crippen molar-refractivity contribution in [2.24, 2.45) is 4.99 Å². The van der Waals surface area contributed by atoms with Gasteiger partial charge in [0.25, 0.3) is 0 Å². The molecule has 0 aromatic rings. The second-order valence-electron chi connectivity index (χ2n) is 0.822. The Bertz CT molecular complexity index is 99.1. The van der Waals surface area contributed by atoms with Gasteiger partial charge in [-0.15, -0.1) is 29.8 Å². The van der Waals surface area contributed by atoms with Crippen molar-refractivity contribution < 1.29 is 4.79 Å². The zero-order valence-electron chi connectivity index (χ0n) is 4.81. The summed E-state index contributed by atoms with van der Waals surface area (Å²) < 4.78 is 0. The SMILES string of the molecule is C=CCN=C=O.ClCCl. The van der Waals surface area contributed by atoms with Crippen molar-refractivity contribution in [2.75, 3.05) is 11.9 Å². The van der Waals surface area contributed by atoms with Crippen molar-refractivity contribution in [1.29, 1.82) is 0 Å². The molecule has 0 spiro atoms. The Morgan fingerprint density at radius 3 is 2.22 bits per heavy atom. The fourth-order valence-corrected chi connectivity index (χ4v) is 0.102. The molecule has 0 unspecified atom stereocenters. The Morgan fingerprint density at radius 1 is 1.67 bits per heavy atom. The zero-order valence-corrected chi connectivity index (χ0v) is 6.32. The summed E-state index contributed by atoms with van der Waals surface area (Å²) in [7, 11) is 0. The maximum Gasteiger partial charge on any atom is 0.235 e. The topological polar surface area (TPSA) is 29.4 Å². The van der Waals surface area contributed by atoms with Crippen LogP contribution in [0.25, 0.3) is 0 Å². The number of isocyanates is 1. The lowest BCUT2D eigenvalue weighted by molar-refractivity contribution is 0.564. The molecule has 0 atom stereocenters. The third-order valence-electron chi connectivity index (χ3n) is 0.285. The predicted octanol–water partition coefficient (Wildman–Crippen LogP) is 1.93. The van der Waals surface area contributed by atoms with Crippen molar-refractivity contribution in [3.63, 3.8) is 0 Å². The van der Waals surface area contributed by atoms with Crippen molar-refractivity contribution >= 4 is 29.3 Å². The fraction of sp³-hybridized carbons (Fsp3) is 0.400. The summed E-state index contributed by atoms with van der Waals surface area (Å²) in [5, 5.41) is 0.194. The molecule has 0 saturated carbocycles. The molecular weight excluding hydrogens is 161 g/mol. The Labute approximate surface area is 64.2 Å². The van der Waals surface area contributed by atoms with Gasteiger partial charge in [-0.05, 0) is 0 Å². The molecule has 0 amide bonds. The third-order valence-corrected chi connectivity index (χ3v) is 0.285. The number of carbonyl (C=O) groups excluding carboxylic acids is 1. The van der Waals surface area contributed by atoms with Gasteiger partial charge in [0.2, 0.25) is 6.08 Å². The van der Waals surface area contributed by atoms with E-state index in [-0.39, 0.29) is 5.34 Å². The summed E-state index contributed by atoms with van der Waals surface area (Å²) in [4.78, 5) is 12.4. The Hall–Kier alpha value is -0.300. The van der Waals surface area contributed by atoms with Gasteiger partial charge in [-0.2, -0.15) is 0 Å². The first kappa shape index (κ1) is 11.5.